The summed E-state index contributed by atoms with van der Waals surface area (Å²) in [6.45, 7) is 2.31. The van der Waals surface area contributed by atoms with Crippen LogP contribution in [0.1, 0.15) is 18.4 Å². The van der Waals surface area contributed by atoms with Crippen LogP contribution >= 0.6 is 15.9 Å². The predicted octanol–water partition coefficient (Wildman–Crippen LogP) is 3.26. The normalized spacial score (nSPS) is 10.4. The van der Waals surface area contributed by atoms with Gasteiger partial charge in [-0.05, 0) is 47.0 Å². The fraction of sp³-hybridized carbons (Fsp3) is 0.417. The van der Waals surface area contributed by atoms with E-state index in [4.69, 9.17) is 4.74 Å². The average Bonchev–Trinajstić information content (AvgIpc) is 2.26. The van der Waals surface area contributed by atoms with Crippen molar-refractivity contribution in [1.82, 2.24) is 0 Å². The zero-order valence-corrected chi connectivity index (χ0v) is 11.4. The van der Waals surface area contributed by atoms with Crippen molar-refractivity contribution < 1.29 is 13.9 Å². The zero-order chi connectivity index (χ0) is 12.8. The number of halogens is 2. The number of benzene rings is 1. The van der Waals surface area contributed by atoms with E-state index in [1.807, 2.05) is 0 Å². The Hall–Kier alpha value is -0.940. The molecule has 94 valence electrons. The number of hydrogen-bond acceptors (Lipinski definition) is 2. The van der Waals surface area contributed by atoms with Crippen molar-refractivity contribution in [2.24, 2.45) is 0 Å². The van der Waals surface area contributed by atoms with Gasteiger partial charge in [-0.1, -0.05) is 0 Å². The number of carbonyl (C=O) groups excluding carboxylic acids is 1. The maximum atomic E-state index is 13.2. The number of hydrogen-bond donors (Lipinski definition) is 1. The lowest BCUT2D eigenvalue weighted by molar-refractivity contribution is -0.116. The summed E-state index contributed by atoms with van der Waals surface area (Å²) >= 11 is 3.09. The molecule has 0 saturated carbocycles. The van der Waals surface area contributed by atoms with Crippen molar-refractivity contribution >= 4 is 27.5 Å². The first kappa shape index (κ1) is 14.1. The average molecular weight is 304 g/mol. The van der Waals surface area contributed by atoms with Crippen LogP contribution in [0.5, 0.6) is 0 Å². The molecule has 0 aliphatic heterocycles. The van der Waals surface area contributed by atoms with Crippen molar-refractivity contribution in [3.63, 3.8) is 0 Å². The van der Waals surface area contributed by atoms with E-state index in [-0.39, 0.29) is 11.7 Å². The lowest BCUT2D eigenvalue weighted by Gasteiger charge is -2.09. The zero-order valence-electron chi connectivity index (χ0n) is 9.85. The third kappa shape index (κ3) is 4.44. The van der Waals surface area contributed by atoms with E-state index in [0.717, 1.165) is 0 Å². The molecule has 1 amide bonds. The van der Waals surface area contributed by atoms with Gasteiger partial charge in [0, 0.05) is 25.8 Å². The smallest absolute Gasteiger partial charge is 0.224 e. The number of amides is 1. The second-order valence-corrected chi connectivity index (χ2v) is 4.58. The third-order valence-electron chi connectivity index (χ3n) is 2.29. The van der Waals surface area contributed by atoms with E-state index in [1.165, 1.54) is 6.07 Å². The number of carbonyl (C=O) groups is 1. The van der Waals surface area contributed by atoms with Gasteiger partial charge < -0.3 is 10.1 Å². The maximum absolute atomic E-state index is 13.2. The minimum Gasteiger partial charge on any atom is -0.385 e. The number of rotatable bonds is 5. The summed E-state index contributed by atoms with van der Waals surface area (Å²) in [5.74, 6) is -0.427. The van der Waals surface area contributed by atoms with E-state index >= 15 is 0 Å². The highest BCUT2D eigenvalue weighted by molar-refractivity contribution is 9.10. The molecule has 17 heavy (non-hydrogen) atoms. The number of ether oxygens (including phenoxy) is 1. The highest BCUT2D eigenvalue weighted by Crippen LogP contribution is 2.24. The van der Waals surface area contributed by atoms with Gasteiger partial charge in [0.25, 0.3) is 0 Å². The molecule has 0 saturated heterocycles. The minimum atomic E-state index is -0.333. The largest absolute Gasteiger partial charge is 0.385 e. The van der Waals surface area contributed by atoms with Crippen LogP contribution in [-0.2, 0) is 9.53 Å². The minimum absolute atomic E-state index is 0.0938. The Bertz CT molecular complexity index is 410. The molecule has 0 atom stereocenters. The van der Waals surface area contributed by atoms with E-state index < -0.39 is 0 Å². The van der Waals surface area contributed by atoms with Gasteiger partial charge in [0.05, 0.1) is 4.47 Å². The molecule has 0 aliphatic carbocycles. The molecule has 1 N–H and O–H groups in total. The van der Waals surface area contributed by atoms with Gasteiger partial charge in [-0.25, -0.2) is 4.39 Å². The summed E-state index contributed by atoms with van der Waals surface area (Å²) in [7, 11) is 1.60. The molecule has 0 radical (unpaired) electrons. The number of aryl methyl sites for hydroxylation is 1. The Morgan fingerprint density at radius 3 is 2.88 bits per heavy atom. The lowest BCUT2D eigenvalue weighted by Crippen LogP contribution is -2.13. The summed E-state index contributed by atoms with van der Waals surface area (Å²) in [5.41, 5.74) is 1.33. The second kappa shape index (κ2) is 6.71. The number of nitrogens with one attached hydrogen (secondary N) is 1. The van der Waals surface area contributed by atoms with Gasteiger partial charge >= 0.3 is 0 Å². The van der Waals surface area contributed by atoms with Gasteiger partial charge in [-0.15, -0.1) is 0 Å². The molecule has 5 heteroatoms. The first-order valence-electron chi connectivity index (χ1n) is 5.29. The first-order valence-corrected chi connectivity index (χ1v) is 6.08. The molecule has 0 fully saturated rings. The van der Waals surface area contributed by atoms with Crippen LogP contribution in [-0.4, -0.2) is 19.6 Å². The SMILES string of the molecule is COCCCC(=O)Nc1cc(Br)c(F)cc1C. The van der Waals surface area contributed by atoms with Gasteiger partial charge in [-0.3, -0.25) is 4.79 Å². The van der Waals surface area contributed by atoms with E-state index in [0.29, 0.717) is 35.2 Å². The van der Waals surface area contributed by atoms with Gasteiger partial charge in [0.15, 0.2) is 0 Å². The van der Waals surface area contributed by atoms with Crippen LogP contribution in [0.3, 0.4) is 0 Å². The summed E-state index contributed by atoms with van der Waals surface area (Å²) in [5, 5.41) is 2.75. The summed E-state index contributed by atoms with van der Waals surface area (Å²) < 4.78 is 18.4. The van der Waals surface area contributed by atoms with Crippen molar-refractivity contribution in [2.75, 3.05) is 19.0 Å². The summed E-state index contributed by atoms with van der Waals surface area (Å²) in [6, 6.07) is 2.95. The monoisotopic (exact) mass is 303 g/mol. The molecule has 0 aromatic heterocycles. The Balaban J connectivity index is 2.62. The molecule has 0 unspecified atom stereocenters. The van der Waals surface area contributed by atoms with E-state index in [1.54, 1.807) is 20.1 Å². The number of methoxy groups -OCH3 is 1. The standard InChI is InChI=1S/C12H15BrFNO2/c1-8-6-10(14)9(13)7-11(8)15-12(16)4-3-5-17-2/h6-7H,3-5H2,1-2H3,(H,15,16). The molecule has 3 nitrogen and oxygen atoms in total. The Morgan fingerprint density at radius 1 is 1.53 bits per heavy atom. The predicted molar refractivity (Wildman–Crippen MR) is 68.6 cm³/mol. The fourth-order valence-electron chi connectivity index (χ4n) is 1.37. The van der Waals surface area contributed by atoms with Gasteiger partial charge in [0.1, 0.15) is 5.82 Å². The Labute approximate surface area is 108 Å². The molecule has 1 aromatic carbocycles. The molecular formula is C12H15BrFNO2. The van der Waals surface area contributed by atoms with E-state index in [9.17, 15) is 9.18 Å². The van der Waals surface area contributed by atoms with Gasteiger partial charge in [-0.2, -0.15) is 0 Å². The summed E-state index contributed by atoms with van der Waals surface area (Å²) in [4.78, 5) is 11.6. The van der Waals surface area contributed by atoms with Crippen molar-refractivity contribution in [1.29, 1.82) is 0 Å². The quantitative estimate of drug-likeness (QED) is 0.848. The van der Waals surface area contributed by atoms with Gasteiger partial charge in [0.2, 0.25) is 5.91 Å². The second-order valence-electron chi connectivity index (χ2n) is 3.73. The van der Waals surface area contributed by atoms with Crippen LogP contribution in [0.2, 0.25) is 0 Å². The lowest BCUT2D eigenvalue weighted by atomic mass is 10.2. The maximum Gasteiger partial charge on any atom is 0.224 e. The van der Waals surface area contributed by atoms with Crippen LogP contribution < -0.4 is 5.32 Å². The van der Waals surface area contributed by atoms with Crippen LogP contribution in [0.15, 0.2) is 16.6 Å². The highest BCUT2D eigenvalue weighted by atomic mass is 79.9. The molecular weight excluding hydrogens is 289 g/mol. The van der Waals surface area contributed by atoms with Crippen molar-refractivity contribution in [3.8, 4) is 0 Å². The molecule has 1 rings (SSSR count). The molecule has 1 aromatic rings. The van der Waals surface area contributed by atoms with Crippen LogP contribution in [0, 0.1) is 12.7 Å². The van der Waals surface area contributed by atoms with Crippen molar-refractivity contribution in [3.05, 3.63) is 28.0 Å². The van der Waals surface area contributed by atoms with Crippen molar-refractivity contribution in [2.45, 2.75) is 19.8 Å². The molecule has 0 bridgehead atoms. The topological polar surface area (TPSA) is 38.3 Å². The molecule has 0 aliphatic rings. The van der Waals surface area contributed by atoms with Crippen LogP contribution in [0.4, 0.5) is 10.1 Å². The number of anilines is 1. The molecule has 0 heterocycles. The third-order valence-corrected chi connectivity index (χ3v) is 2.90. The Morgan fingerprint density at radius 2 is 2.24 bits per heavy atom. The Kier molecular flexibility index (Phi) is 5.58. The van der Waals surface area contributed by atoms with E-state index in [2.05, 4.69) is 21.2 Å². The highest BCUT2D eigenvalue weighted by Gasteiger charge is 2.08. The first-order chi connectivity index (χ1) is 8.04. The molecule has 0 spiro atoms. The van der Waals surface area contributed by atoms with Crippen LogP contribution in [0.25, 0.3) is 0 Å². The summed E-state index contributed by atoms with van der Waals surface area (Å²) in [6.07, 6.45) is 1.06. The fourth-order valence-corrected chi connectivity index (χ4v) is 1.71.